The minimum Gasteiger partial charge on any atom is -0.472 e. The van der Waals surface area contributed by atoms with Crippen molar-refractivity contribution in [3.63, 3.8) is 0 Å². The number of H-pyrrole nitrogens is 1. The van der Waals surface area contributed by atoms with Crippen molar-refractivity contribution in [3.05, 3.63) is 35.5 Å². The Labute approximate surface area is 137 Å². The normalized spacial score (nSPS) is 12.5. The third-order valence-corrected chi connectivity index (χ3v) is 3.20. The first-order valence-corrected chi connectivity index (χ1v) is 7.43. The fourth-order valence-corrected chi connectivity index (χ4v) is 2.00. The van der Waals surface area contributed by atoms with E-state index in [4.69, 9.17) is 4.74 Å². The second-order valence-electron chi connectivity index (χ2n) is 5.56. The zero-order valence-corrected chi connectivity index (χ0v) is 13.6. The number of carbonyl (C=O) groups is 1. The van der Waals surface area contributed by atoms with Crippen LogP contribution in [0.2, 0.25) is 0 Å². The van der Waals surface area contributed by atoms with Crippen LogP contribution in [0, 0.1) is 12.8 Å². The molecule has 1 amide bonds. The summed E-state index contributed by atoms with van der Waals surface area (Å²) in [5.74, 6) is 0.916. The van der Waals surface area contributed by atoms with Gasteiger partial charge in [-0.05, 0) is 18.9 Å². The van der Waals surface area contributed by atoms with Crippen molar-refractivity contribution in [2.45, 2.75) is 33.2 Å². The van der Waals surface area contributed by atoms with Gasteiger partial charge in [0.25, 0.3) is 12.3 Å². The average molecular weight is 339 g/mol. The van der Waals surface area contributed by atoms with Crippen molar-refractivity contribution in [3.8, 4) is 5.88 Å². The van der Waals surface area contributed by atoms with E-state index in [1.165, 1.54) is 18.3 Å². The van der Waals surface area contributed by atoms with Gasteiger partial charge in [0.1, 0.15) is 5.82 Å². The third kappa shape index (κ3) is 4.71. The Balaban J connectivity index is 2.04. The first kappa shape index (κ1) is 17.8. The highest BCUT2D eigenvalue weighted by atomic mass is 19.3. The van der Waals surface area contributed by atoms with Crippen LogP contribution >= 0.6 is 0 Å². The molecule has 0 unspecified atom stereocenters. The number of alkyl halides is 2. The standard InChI is InChI=1S/C15H19F2N5O2/c1-8(2)13(14-19-9(3)21-22-14)20-15(23)10-4-5-12(18-6-10)24-7-11(16)17/h4-6,8,11,13H,7H2,1-3H3,(H,20,23)(H,19,21,22)/t13-/m0/s1. The number of amides is 1. The molecule has 7 nitrogen and oxygen atoms in total. The Bertz CT molecular complexity index is 673. The number of ether oxygens (including phenoxy) is 1. The van der Waals surface area contributed by atoms with E-state index < -0.39 is 13.0 Å². The van der Waals surface area contributed by atoms with Crippen LogP contribution in [0.3, 0.4) is 0 Å². The van der Waals surface area contributed by atoms with Crippen LogP contribution in [-0.2, 0) is 0 Å². The molecule has 0 aliphatic carbocycles. The molecular weight excluding hydrogens is 320 g/mol. The fourth-order valence-electron chi connectivity index (χ4n) is 2.00. The summed E-state index contributed by atoms with van der Waals surface area (Å²) in [6.45, 7) is 4.92. The third-order valence-electron chi connectivity index (χ3n) is 3.20. The molecule has 2 aromatic rings. The highest BCUT2D eigenvalue weighted by Crippen LogP contribution is 2.19. The maximum atomic E-state index is 12.3. The number of aromatic amines is 1. The van der Waals surface area contributed by atoms with Crippen LogP contribution in [0.25, 0.3) is 0 Å². The second-order valence-corrected chi connectivity index (χ2v) is 5.56. The molecule has 0 aliphatic heterocycles. The van der Waals surface area contributed by atoms with Gasteiger partial charge < -0.3 is 10.1 Å². The van der Waals surface area contributed by atoms with Gasteiger partial charge in [-0.3, -0.25) is 9.89 Å². The van der Waals surface area contributed by atoms with Crippen molar-refractivity contribution in [1.82, 2.24) is 25.5 Å². The molecule has 2 rings (SSSR count). The van der Waals surface area contributed by atoms with Gasteiger partial charge in [-0.1, -0.05) is 13.8 Å². The summed E-state index contributed by atoms with van der Waals surface area (Å²) in [5.41, 5.74) is 0.289. The highest BCUT2D eigenvalue weighted by molar-refractivity contribution is 5.94. The molecule has 0 aliphatic rings. The number of pyridine rings is 1. The van der Waals surface area contributed by atoms with E-state index in [9.17, 15) is 13.6 Å². The lowest BCUT2D eigenvalue weighted by atomic mass is 10.0. The SMILES string of the molecule is Cc1nc([C@@H](NC(=O)c2ccc(OCC(F)F)nc2)C(C)C)n[nH]1. The predicted octanol–water partition coefficient (Wildman–Crippen LogP) is 2.28. The van der Waals surface area contributed by atoms with Crippen LogP contribution in [-0.4, -0.2) is 39.1 Å². The largest absolute Gasteiger partial charge is 0.472 e. The lowest BCUT2D eigenvalue weighted by Gasteiger charge is -2.19. The Morgan fingerprint density at radius 3 is 2.62 bits per heavy atom. The quantitative estimate of drug-likeness (QED) is 0.807. The van der Waals surface area contributed by atoms with Crippen LogP contribution < -0.4 is 10.1 Å². The zero-order chi connectivity index (χ0) is 17.7. The van der Waals surface area contributed by atoms with Gasteiger partial charge in [-0.15, -0.1) is 0 Å². The van der Waals surface area contributed by atoms with E-state index in [-0.39, 0.29) is 29.3 Å². The molecule has 2 N–H and O–H groups in total. The average Bonchev–Trinajstić information content (AvgIpc) is 2.96. The van der Waals surface area contributed by atoms with Gasteiger partial charge in [0, 0.05) is 12.3 Å². The smallest absolute Gasteiger partial charge is 0.272 e. The van der Waals surface area contributed by atoms with Gasteiger partial charge in [0.15, 0.2) is 12.4 Å². The van der Waals surface area contributed by atoms with Crippen LogP contribution in [0.5, 0.6) is 5.88 Å². The van der Waals surface area contributed by atoms with E-state index in [0.29, 0.717) is 11.6 Å². The number of carbonyl (C=O) groups excluding carboxylic acids is 1. The minimum atomic E-state index is -2.58. The number of nitrogens with one attached hydrogen (secondary N) is 2. The Hall–Kier alpha value is -2.58. The van der Waals surface area contributed by atoms with Crippen molar-refractivity contribution in [2.75, 3.05) is 6.61 Å². The topological polar surface area (TPSA) is 92.8 Å². The number of aryl methyl sites for hydroxylation is 1. The van der Waals surface area contributed by atoms with E-state index >= 15 is 0 Å². The van der Waals surface area contributed by atoms with E-state index in [1.807, 2.05) is 13.8 Å². The van der Waals surface area contributed by atoms with Gasteiger partial charge in [0.2, 0.25) is 5.88 Å². The molecule has 0 aromatic carbocycles. The summed E-state index contributed by atoms with van der Waals surface area (Å²) < 4.78 is 28.9. The minimum absolute atomic E-state index is 0.0388. The Kier molecular flexibility index (Phi) is 5.78. The van der Waals surface area contributed by atoms with E-state index in [0.717, 1.165) is 0 Å². The summed E-state index contributed by atoms with van der Waals surface area (Å²) in [5, 5.41) is 9.67. The first-order chi connectivity index (χ1) is 11.4. The summed E-state index contributed by atoms with van der Waals surface area (Å²) in [6.07, 6.45) is -1.30. The zero-order valence-electron chi connectivity index (χ0n) is 13.6. The molecule has 130 valence electrons. The van der Waals surface area contributed by atoms with Gasteiger partial charge in [0.05, 0.1) is 11.6 Å². The first-order valence-electron chi connectivity index (χ1n) is 7.43. The molecule has 1 atom stereocenters. The van der Waals surface area contributed by atoms with Crippen LogP contribution in [0.1, 0.15) is 41.9 Å². The molecule has 0 saturated heterocycles. The molecule has 2 aromatic heterocycles. The van der Waals surface area contributed by atoms with Crippen molar-refractivity contribution < 1.29 is 18.3 Å². The lowest BCUT2D eigenvalue weighted by molar-refractivity contribution is 0.0794. The number of rotatable bonds is 7. The maximum absolute atomic E-state index is 12.3. The molecule has 2 heterocycles. The van der Waals surface area contributed by atoms with E-state index in [1.54, 1.807) is 6.92 Å². The van der Waals surface area contributed by atoms with E-state index in [2.05, 4.69) is 25.5 Å². The molecule has 0 bridgehead atoms. The lowest BCUT2D eigenvalue weighted by Crippen LogP contribution is -2.32. The molecule has 0 saturated carbocycles. The molecule has 0 spiro atoms. The van der Waals surface area contributed by atoms with Crippen molar-refractivity contribution >= 4 is 5.91 Å². The number of hydrogen-bond donors (Lipinski definition) is 2. The van der Waals surface area contributed by atoms with Gasteiger partial charge >= 0.3 is 0 Å². The molecule has 9 heteroatoms. The van der Waals surface area contributed by atoms with Gasteiger partial charge in [-0.2, -0.15) is 5.10 Å². The number of hydrogen-bond acceptors (Lipinski definition) is 5. The Morgan fingerprint density at radius 2 is 2.12 bits per heavy atom. The molecule has 0 fully saturated rings. The monoisotopic (exact) mass is 339 g/mol. The van der Waals surface area contributed by atoms with Crippen LogP contribution in [0.4, 0.5) is 8.78 Å². The summed E-state index contributed by atoms with van der Waals surface area (Å²) in [6, 6.07) is 2.47. The summed E-state index contributed by atoms with van der Waals surface area (Å²) in [7, 11) is 0. The Morgan fingerprint density at radius 1 is 1.38 bits per heavy atom. The fraction of sp³-hybridized carbons (Fsp3) is 0.467. The second kappa shape index (κ2) is 7.80. The van der Waals surface area contributed by atoms with Crippen molar-refractivity contribution in [1.29, 1.82) is 0 Å². The predicted molar refractivity (Wildman–Crippen MR) is 81.9 cm³/mol. The van der Waals surface area contributed by atoms with Crippen molar-refractivity contribution in [2.24, 2.45) is 5.92 Å². The summed E-state index contributed by atoms with van der Waals surface area (Å²) in [4.78, 5) is 20.4. The maximum Gasteiger partial charge on any atom is 0.272 e. The molecule has 0 radical (unpaired) electrons. The van der Waals surface area contributed by atoms with Crippen LogP contribution in [0.15, 0.2) is 18.3 Å². The number of nitrogens with zero attached hydrogens (tertiary/aromatic N) is 3. The number of aromatic nitrogens is 4. The highest BCUT2D eigenvalue weighted by Gasteiger charge is 2.23. The summed E-state index contributed by atoms with van der Waals surface area (Å²) >= 11 is 0. The number of halogens is 2. The molecular formula is C15H19F2N5O2. The van der Waals surface area contributed by atoms with Gasteiger partial charge in [-0.25, -0.2) is 18.7 Å². The molecule has 24 heavy (non-hydrogen) atoms.